The van der Waals surface area contributed by atoms with E-state index in [0.29, 0.717) is 6.42 Å². The van der Waals surface area contributed by atoms with Crippen molar-refractivity contribution in [1.29, 1.82) is 0 Å². The summed E-state index contributed by atoms with van der Waals surface area (Å²) in [7, 11) is 0. The van der Waals surface area contributed by atoms with Crippen LogP contribution < -0.4 is 5.73 Å². The third kappa shape index (κ3) is 3.38. The third-order valence-electron chi connectivity index (χ3n) is 3.07. The Balaban J connectivity index is 2.15. The molecule has 0 saturated carbocycles. The van der Waals surface area contributed by atoms with Gasteiger partial charge in [0.05, 0.1) is 0 Å². The van der Waals surface area contributed by atoms with Crippen molar-refractivity contribution in [1.82, 2.24) is 19.7 Å². The lowest BCUT2D eigenvalue weighted by atomic mass is 10.0. The first-order valence-corrected chi connectivity index (χ1v) is 6.67. The average molecular weight is 259 g/mol. The molecule has 0 aromatic carbocycles. The maximum atomic E-state index is 6.28. The summed E-state index contributed by atoms with van der Waals surface area (Å²) in [6.45, 7) is 6.99. The van der Waals surface area contributed by atoms with E-state index in [4.69, 9.17) is 5.73 Å². The van der Waals surface area contributed by atoms with Crippen LogP contribution in [0, 0.1) is 13.8 Å². The van der Waals surface area contributed by atoms with E-state index >= 15 is 0 Å². The van der Waals surface area contributed by atoms with Gasteiger partial charge in [-0.15, -0.1) is 0 Å². The van der Waals surface area contributed by atoms with Crippen LogP contribution in [0.4, 0.5) is 0 Å². The van der Waals surface area contributed by atoms with Gasteiger partial charge in [0.2, 0.25) is 0 Å². The van der Waals surface area contributed by atoms with Gasteiger partial charge in [0.15, 0.2) is 0 Å². The zero-order valence-electron chi connectivity index (χ0n) is 11.8. The van der Waals surface area contributed by atoms with Crippen molar-refractivity contribution in [3.63, 3.8) is 0 Å². The van der Waals surface area contributed by atoms with Gasteiger partial charge in [0.1, 0.15) is 12.2 Å². The Kier molecular flexibility index (Phi) is 4.27. The fourth-order valence-electron chi connectivity index (χ4n) is 2.24. The van der Waals surface area contributed by atoms with Crippen molar-refractivity contribution < 1.29 is 0 Å². The summed E-state index contributed by atoms with van der Waals surface area (Å²) in [6, 6.07) is 4.01. The molecule has 5 nitrogen and oxygen atoms in total. The highest BCUT2D eigenvalue weighted by atomic mass is 15.3. The van der Waals surface area contributed by atoms with Gasteiger partial charge in [-0.25, -0.2) is 4.98 Å². The summed E-state index contributed by atoms with van der Waals surface area (Å²) in [5.74, 6) is 0.946. The van der Waals surface area contributed by atoms with Crippen molar-refractivity contribution in [3.05, 3.63) is 41.2 Å². The lowest BCUT2D eigenvalue weighted by molar-refractivity contribution is 0.548. The van der Waals surface area contributed by atoms with Crippen molar-refractivity contribution in [2.45, 2.75) is 46.2 Å². The molecule has 2 aromatic rings. The van der Waals surface area contributed by atoms with Gasteiger partial charge in [-0.3, -0.25) is 9.67 Å². The number of hydrogen-bond donors (Lipinski definition) is 1. The molecule has 102 valence electrons. The van der Waals surface area contributed by atoms with E-state index in [0.717, 1.165) is 35.7 Å². The van der Waals surface area contributed by atoms with Crippen LogP contribution in [0.1, 0.15) is 42.2 Å². The standard InChI is InChI=1S/C14H21N5/c1-4-5-19-14(16-9-17-19)8-13(15)12-6-10(2)18-11(3)7-12/h6-7,9,13H,4-5,8,15H2,1-3H3. The molecular weight excluding hydrogens is 238 g/mol. The largest absolute Gasteiger partial charge is 0.324 e. The van der Waals surface area contributed by atoms with Crippen LogP contribution in [0.15, 0.2) is 18.5 Å². The second-order valence-corrected chi connectivity index (χ2v) is 4.89. The summed E-state index contributed by atoms with van der Waals surface area (Å²) < 4.78 is 1.93. The molecule has 0 aliphatic carbocycles. The van der Waals surface area contributed by atoms with Gasteiger partial charge >= 0.3 is 0 Å². The predicted molar refractivity (Wildman–Crippen MR) is 74.7 cm³/mol. The zero-order chi connectivity index (χ0) is 13.8. The van der Waals surface area contributed by atoms with Crippen LogP contribution in [0.2, 0.25) is 0 Å². The van der Waals surface area contributed by atoms with Crippen LogP contribution in [-0.4, -0.2) is 19.7 Å². The normalized spacial score (nSPS) is 12.6. The molecule has 0 amide bonds. The smallest absolute Gasteiger partial charge is 0.138 e. The SMILES string of the molecule is CCCn1ncnc1CC(N)c1cc(C)nc(C)c1. The Morgan fingerprint density at radius 2 is 1.95 bits per heavy atom. The van der Waals surface area contributed by atoms with E-state index < -0.39 is 0 Å². The monoisotopic (exact) mass is 259 g/mol. The fraction of sp³-hybridized carbons (Fsp3) is 0.500. The fourth-order valence-corrected chi connectivity index (χ4v) is 2.24. The molecule has 2 rings (SSSR count). The second kappa shape index (κ2) is 5.93. The topological polar surface area (TPSA) is 69.6 Å². The first kappa shape index (κ1) is 13.7. The Labute approximate surface area is 113 Å². The molecule has 2 heterocycles. The average Bonchev–Trinajstić information content (AvgIpc) is 2.76. The van der Waals surface area contributed by atoms with Crippen LogP contribution in [0.5, 0.6) is 0 Å². The predicted octanol–water partition coefficient (Wildman–Crippen LogP) is 1.94. The molecule has 1 atom stereocenters. The number of nitrogens with zero attached hydrogens (tertiary/aromatic N) is 4. The first-order chi connectivity index (χ1) is 9.10. The van der Waals surface area contributed by atoms with E-state index in [2.05, 4.69) is 22.0 Å². The number of pyridine rings is 1. The Hall–Kier alpha value is -1.75. The number of nitrogens with two attached hydrogens (primary N) is 1. The molecule has 0 spiro atoms. The highest BCUT2D eigenvalue weighted by Gasteiger charge is 2.12. The number of aryl methyl sites for hydroxylation is 3. The minimum Gasteiger partial charge on any atom is -0.324 e. The molecule has 0 fully saturated rings. The minimum atomic E-state index is -0.0693. The highest BCUT2D eigenvalue weighted by Crippen LogP contribution is 2.16. The van der Waals surface area contributed by atoms with Gasteiger partial charge in [0, 0.05) is 30.4 Å². The lowest BCUT2D eigenvalue weighted by Gasteiger charge is -2.13. The Morgan fingerprint density at radius 3 is 2.58 bits per heavy atom. The molecule has 0 bridgehead atoms. The molecule has 2 aromatic heterocycles. The van der Waals surface area contributed by atoms with E-state index in [-0.39, 0.29) is 6.04 Å². The van der Waals surface area contributed by atoms with E-state index in [1.165, 1.54) is 0 Å². The summed E-state index contributed by atoms with van der Waals surface area (Å²) in [4.78, 5) is 8.67. The van der Waals surface area contributed by atoms with Gasteiger partial charge in [-0.05, 0) is 38.0 Å². The molecule has 0 aliphatic rings. The van der Waals surface area contributed by atoms with Crippen LogP contribution in [-0.2, 0) is 13.0 Å². The molecular formula is C14H21N5. The second-order valence-electron chi connectivity index (χ2n) is 4.89. The van der Waals surface area contributed by atoms with Crippen molar-refractivity contribution in [2.75, 3.05) is 0 Å². The highest BCUT2D eigenvalue weighted by molar-refractivity contribution is 5.24. The number of aromatic nitrogens is 4. The zero-order valence-corrected chi connectivity index (χ0v) is 11.8. The van der Waals surface area contributed by atoms with Crippen molar-refractivity contribution in [3.8, 4) is 0 Å². The molecule has 5 heteroatoms. The third-order valence-corrected chi connectivity index (χ3v) is 3.07. The summed E-state index contributed by atoms with van der Waals surface area (Å²) in [5, 5.41) is 4.23. The van der Waals surface area contributed by atoms with Crippen LogP contribution in [0.25, 0.3) is 0 Å². The van der Waals surface area contributed by atoms with E-state index in [9.17, 15) is 0 Å². The minimum absolute atomic E-state index is 0.0693. The quantitative estimate of drug-likeness (QED) is 0.891. The van der Waals surface area contributed by atoms with E-state index in [1.807, 2.05) is 30.7 Å². The van der Waals surface area contributed by atoms with Crippen molar-refractivity contribution >= 4 is 0 Å². The Morgan fingerprint density at radius 1 is 1.26 bits per heavy atom. The molecule has 0 aliphatic heterocycles. The maximum Gasteiger partial charge on any atom is 0.138 e. The summed E-state index contributed by atoms with van der Waals surface area (Å²) in [6.07, 6.45) is 3.34. The van der Waals surface area contributed by atoms with Gasteiger partial charge in [-0.1, -0.05) is 6.92 Å². The van der Waals surface area contributed by atoms with Crippen LogP contribution >= 0.6 is 0 Å². The molecule has 2 N–H and O–H groups in total. The Bertz CT molecular complexity index is 526. The molecule has 0 saturated heterocycles. The summed E-state index contributed by atoms with van der Waals surface area (Å²) >= 11 is 0. The van der Waals surface area contributed by atoms with Gasteiger partial charge < -0.3 is 5.73 Å². The number of rotatable bonds is 5. The van der Waals surface area contributed by atoms with Crippen LogP contribution in [0.3, 0.4) is 0 Å². The first-order valence-electron chi connectivity index (χ1n) is 6.67. The van der Waals surface area contributed by atoms with Gasteiger partial charge in [-0.2, -0.15) is 5.10 Å². The summed E-state index contributed by atoms with van der Waals surface area (Å²) in [5.41, 5.74) is 9.39. The molecule has 19 heavy (non-hydrogen) atoms. The van der Waals surface area contributed by atoms with Gasteiger partial charge in [0.25, 0.3) is 0 Å². The maximum absolute atomic E-state index is 6.28. The van der Waals surface area contributed by atoms with Crippen molar-refractivity contribution in [2.24, 2.45) is 5.73 Å². The molecule has 1 unspecified atom stereocenters. The molecule has 0 radical (unpaired) electrons. The van der Waals surface area contributed by atoms with E-state index in [1.54, 1.807) is 6.33 Å². The number of hydrogen-bond acceptors (Lipinski definition) is 4. The lowest BCUT2D eigenvalue weighted by Crippen LogP contribution is -2.17.